The summed E-state index contributed by atoms with van der Waals surface area (Å²) < 4.78 is 0. The molecule has 0 atom stereocenters. The Morgan fingerprint density at radius 1 is 1.05 bits per heavy atom. The summed E-state index contributed by atoms with van der Waals surface area (Å²) in [6, 6.07) is 14.8. The van der Waals surface area contributed by atoms with Crippen LogP contribution >= 0.6 is 0 Å². The molecule has 0 bridgehead atoms. The topological polar surface area (TPSA) is 17.1 Å². The molecule has 0 aromatic heterocycles. The summed E-state index contributed by atoms with van der Waals surface area (Å²) in [4.78, 5) is 12.5. The van der Waals surface area contributed by atoms with Crippen LogP contribution in [0.4, 0.5) is 0 Å². The van der Waals surface area contributed by atoms with Crippen LogP contribution in [-0.2, 0) is 24.1 Å². The summed E-state index contributed by atoms with van der Waals surface area (Å²) in [6.07, 6.45) is 2.41. The Balaban J connectivity index is 1.74. The molecule has 1 aliphatic rings. The van der Waals surface area contributed by atoms with E-state index >= 15 is 0 Å². The van der Waals surface area contributed by atoms with Crippen molar-refractivity contribution in [1.82, 2.24) is 0 Å². The molecule has 0 saturated carbocycles. The summed E-state index contributed by atoms with van der Waals surface area (Å²) in [5, 5.41) is 0. The van der Waals surface area contributed by atoms with Crippen molar-refractivity contribution in [2.24, 2.45) is 5.92 Å². The van der Waals surface area contributed by atoms with Gasteiger partial charge in [-0.3, -0.25) is 4.79 Å². The highest BCUT2D eigenvalue weighted by Gasteiger charge is 2.26. The molecule has 0 spiro atoms. The summed E-state index contributed by atoms with van der Waals surface area (Å²) in [5.74, 6) is 0.558. The Bertz CT molecular complexity index is 630. The van der Waals surface area contributed by atoms with Crippen LogP contribution in [0.2, 0.25) is 0 Å². The van der Waals surface area contributed by atoms with E-state index in [1.807, 2.05) is 0 Å². The predicted molar refractivity (Wildman–Crippen MR) is 82.0 cm³/mol. The van der Waals surface area contributed by atoms with Crippen LogP contribution < -0.4 is 0 Å². The maximum Gasteiger partial charge on any atom is 0.141 e. The van der Waals surface area contributed by atoms with Crippen LogP contribution in [0.3, 0.4) is 0 Å². The molecule has 0 saturated heterocycles. The molecule has 0 unspecified atom stereocenters. The molecule has 1 nitrogen and oxygen atoms in total. The fourth-order valence-corrected chi connectivity index (χ4v) is 3.11. The largest absolute Gasteiger partial charge is 0.299 e. The van der Waals surface area contributed by atoms with Crippen LogP contribution in [0.1, 0.15) is 27.8 Å². The van der Waals surface area contributed by atoms with Crippen LogP contribution in [0, 0.1) is 19.8 Å². The molecule has 1 aliphatic carbocycles. The Labute approximate surface area is 120 Å². The third-order valence-electron chi connectivity index (χ3n) is 4.38. The van der Waals surface area contributed by atoms with Gasteiger partial charge in [0.25, 0.3) is 0 Å². The summed E-state index contributed by atoms with van der Waals surface area (Å²) in [5.41, 5.74) is 6.34. The number of carbonyl (C=O) groups is 1. The maximum atomic E-state index is 12.5. The highest BCUT2D eigenvalue weighted by atomic mass is 16.1. The number of hydrogen-bond donors (Lipinski definition) is 0. The molecule has 20 heavy (non-hydrogen) atoms. The monoisotopic (exact) mass is 264 g/mol. The highest BCUT2D eigenvalue weighted by molar-refractivity contribution is 5.85. The van der Waals surface area contributed by atoms with E-state index in [9.17, 15) is 4.79 Å². The van der Waals surface area contributed by atoms with Gasteiger partial charge >= 0.3 is 0 Å². The normalized spacial score (nSPS) is 14.3. The lowest BCUT2D eigenvalue weighted by molar-refractivity contribution is -0.121. The van der Waals surface area contributed by atoms with Gasteiger partial charge in [-0.15, -0.1) is 0 Å². The second-order valence-electron chi connectivity index (χ2n) is 5.95. The number of hydrogen-bond acceptors (Lipinski definition) is 1. The van der Waals surface area contributed by atoms with E-state index in [0.717, 1.165) is 12.8 Å². The van der Waals surface area contributed by atoms with Crippen molar-refractivity contribution in [3.63, 3.8) is 0 Å². The second-order valence-corrected chi connectivity index (χ2v) is 5.95. The SMILES string of the molecule is Cc1ccc(C)c(CC(=O)C2Cc3ccccc3C2)c1. The smallest absolute Gasteiger partial charge is 0.141 e. The van der Waals surface area contributed by atoms with Gasteiger partial charge in [-0.25, -0.2) is 0 Å². The van der Waals surface area contributed by atoms with Crippen molar-refractivity contribution in [3.05, 3.63) is 70.3 Å². The zero-order chi connectivity index (χ0) is 14.1. The third kappa shape index (κ3) is 2.53. The zero-order valence-corrected chi connectivity index (χ0v) is 12.1. The fraction of sp³-hybridized carbons (Fsp3) is 0.316. The number of carbonyl (C=O) groups excluding carboxylic acids is 1. The number of fused-ring (bicyclic) bond motifs is 1. The van der Waals surface area contributed by atoms with E-state index in [1.54, 1.807) is 0 Å². The number of Topliss-reactive ketones (excluding diaryl/α,β-unsaturated/α-hetero) is 1. The van der Waals surface area contributed by atoms with Gasteiger partial charge in [-0.05, 0) is 48.9 Å². The Morgan fingerprint density at radius 2 is 1.70 bits per heavy atom. The number of rotatable bonds is 3. The van der Waals surface area contributed by atoms with Gasteiger partial charge < -0.3 is 0 Å². The van der Waals surface area contributed by atoms with Gasteiger partial charge in [-0.2, -0.15) is 0 Å². The minimum Gasteiger partial charge on any atom is -0.299 e. The van der Waals surface area contributed by atoms with Crippen LogP contribution in [0.5, 0.6) is 0 Å². The van der Waals surface area contributed by atoms with E-state index in [1.165, 1.54) is 27.8 Å². The lowest BCUT2D eigenvalue weighted by Gasteiger charge is -2.10. The molecular formula is C19H20O. The lowest BCUT2D eigenvalue weighted by Crippen LogP contribution is -2.17. The number of ketones is 1. The molecule has 0 amide bonds. The van der Waals surface area contributed by atoms with Gasteiger partial charge in [-0.1, -0.05) is 48.0 Å². The van der Waals surface area contributed by atoms with Gasteiger partial charge in [0.1, 0.15) is 5.78 Å². The van der Waals surface area contributed by atoms with Crippen LogP contribution in [0.15, 0.2) is 42.5 Å². The molecule has 0 heterocycles. The van der Waals surface area contributed by atoms with Gasteiger partial charge in [0.05, 0.1) is 0 Å². The van der Waals surface area contributed by atoms with E-state index < -0.39 is 0 Å². The molecule has 0 fully saturated rings. The van der Waals surface area contributed by atoms with Crippen LogP contribution in [0.25, 0.3) is 0 Å². The summed E-state index contributed by atoms with van der Waals surface area (Å²) in [7, 11) is 0. The molecule has 2 aromatic rings. The van der Waals surface area contributed by atoms with Crippen molar-refractivity contribution in [2.75, 3.05) is 0 Å². The van der Waals surface area contributed by atoms with E-state index in [-0.39, 0.29) is 5.92 Å². The molecule has 0 radical (unpaired) electrons. The molecule has 2 aromatic carbocycles. The molecule has 1 heteroatoms. The summed E-state index contributed by atoms with van der Waals surface area (Å²) in [6.45, 7) is 4.17. The zero-order valence-electron chi connectivity index (χ0n) is 12.1. The average Bonchev–Trinajstić information content (AvgIpc) is 2.87. The Morgan fingerprint density at radius 3 is 2.35 bits per heavy atom. The second kappa shape index (κ2) is 5.24. The third-order valence-corrected chi connectivity index (χ3v) is 4.38. The molecular weight excluding hydrogens is 244 g/mol. The quantitative estimate of drug-likeness (QED) is 0.823. The molecule has 0 aliphatic heterocycles. The van der Waals surface area contributed by atoms with Crippen LogP contribution in [-0.4, -0.2) is 5.78 Å². The minimum atomic E-state index is 0.173. The van der Waals surface area contributed by atoms with Gasteiger partial charge in [0.2, 0.25) is 0 Å². The van der Waals surface area contributed by atoms with Crippen molar-refractivity contribution < 1.29 is 4.79 Å². The van der Waals surface area contributed by atoms with Gasteiger partial charge in [0, 0.05) is 12.3 Å². The first kappa shape index (κ1) is 13.1. The van der Waals surface area contributed by atoms with Gasteiger partial charge in [0.15, 0.2) is 0 Å². The van der Waals surface area contributed by atoms with E-state index in [2.05, 4.69) is 56.3 Å². The van der Waals surface area contributed by atoms with Crippen molar-refractivity contribution in [2.45, 2.75) is 33.1 Å². The molecule has 3 rings (SSSR count). The van der Waals surface area contributed by atoms with Crippen molar-refractivity contribution in [3.8, 4) is 0 Å². The predicted octanol–water partition coefficient (Wildman–Crippen LogP) is 3.83. The maximum absolute atomic E-state index is 12.5. The first-order chi connectivity index (χ1) is 9.63. The van der Waals surface area contributed by atoms with Crippen molar-refractivity contribution in [1.29, 1.82) is 0 Å². The number of benzene rings is 2. The fourth-order valence-electron chi connectivity index (χ4n) is 3.11. The first-order valence-corrected chi connectivity index (χ1v) is 7.29. The van der Waals surface area contributed by atoms with E-state index in [4.69, 9.17) is 0 Å². The molecule has 0 N–H and O–H groups in total. The Hall–Kier alpha value is -1.89. The first-order valence-electron chi connectivity index (χ1n) is 7.29. The minimum absolute atomic E-state index is 0.173. The number of aryl methyl sites for hydroxylation is 2. The van der Waals surface area contributed by atoms with Crippen molar-refractivity contribution >= 4 is 5.78 Å². The molecule has 102 valence electrons. The summed E-state index contributed by atoms with van der Waals surface area (Å²) >= 11 is 0. The van der Waals surface area contributed by atoms with E-state index in [0.29, 0.717) is 12.2 Å². The lowest BCUT2D eigenvalue weighted by atomic mass is 9.93. The standard InChI is InChI=1S/C19H20O/c1-13-7-8-14(2)17(9-13)12-19(20)18-10-15-5-3-4-6-16(15)11-18/h3-9,18H,10-12H2,1-2H3. The highest BCUT2D eigenvalue weighted by Crippen LogP contribution is 2.28. The Kier molecular flexibility index (Phi) is 3.43. The average molecular weight is 264 g/mol.